The Labute approximate surface area is 239 Å². The molecular weight excluding hydrogens is 567 g/mol. The van der Waals surface area contributed by atoms with Gasteiger partial charge in [-0.3, -0.25) is 19.2 Å². The van der Waals surface area contributed by atoms with Gasteiger partial charge in [-0.2, -0.15) is 0 Å². The van der Waals surface area contributed by atoms with E-state index < -0.39 is 35.8 Å². The third-order valence-electron chi connectivity index (χ3n) is 6.57. The van der Waals surface area contributed by atoms with Crippen molar-refractivity contribution < 1.29 is 23.9 Å². The van der Waals surface area contributed by atoms with E-state index in [0.717, 1.165) is 35.5 Å². The van der Waals surface area contributed by atoms with E-state index in [0.29, 0.717) is 15.5 Å². The molecule has 5 rings (SSSR count). The normalized spacial score (nSPS) is 18.9. The lowest BCUT2D eigenvalue weighted by molar-refractivity contribution is -0.147. The van der Waals surface area contributed by atoms with Crippen LogP contribution in [-0.4, -0.2) is 88.8 Å². The maximum absolute atomic E-state index is 13.3. The van der Waals surface area contributed by atoms with Crippen molar-refractivity contribution in [2.45, 2.75) is 32.0 Å². The zero-order valence-electron chi connectivity index (χ0n) is 21.3. The Morgan fingerprint density at radius 3 is 2.79 bits per heavy atom. The summed E-state index contributed by atoms with van der Waals surface area (Å²) in [5.41, 5.74) is 1.86. The van der Waals surface area contributed by atoms with Crippen molar-refractivity contribution in [2.75, 3.05) is 33.3 Å². The fourth-order valence-corrected chi connectivity index (χ4v) is 5.96. The molecule has 3 amide bonds. The molecule has 1 aromatic carbocycles. The monoisotopic (exact) mass is 594 g/mol. The second-order valence-electron chi connectivity index (χ2n) is 9.35. The van der Waals surface area contributed by atoms with Gasteiger partial charge in [-0.1, -0.05) is 11.6 Å². The van der Waals surface area contributed by atoms with Crippen molar-refractivity contribution in [3.8, 4) is 0 Å². The second kappa shape index (κ2) is 11.9. The van der Waals surface area contributed by atoms with Crippen molar-refractivity contribution in [1.29, 1.82) is 0 Å². The van der Waals surface area contributed by atoms with E-state index in [9.17, 15) is 19.2 Å². The predicted octanol–water partition coefficient (Wildman–Crippen LogP) is 1.99. The Morgan fingerprint density at radius 2 is 2.03 bits per heavy atom. The molecule has 0 radical (unpaired) electrons. The molecule has 0 bridgehead atoms. The number of carbonyl (C=O) groups excluding carboxylic acids is 4. The molecule has 39 heavy (non-hydrogen) atoms. The number of likely N-dealkylation sites (N-methyl/N-ethyl adjacent to an activating group) is 1. The lowest BCUT2D eigenvalue weighted by atomic mass is 10.1. The Kier molecular flexibility index (Phi) is 8.80. The minimum Gasteiger partial charge on any atom is -0.465 e. The maximum Gasteiger partial charge on any atom is 0.325 e. The third-order valence-corrected chi connectivity index (χ3v) is 7.89. The summed E-state index contributed by atoms with van der Waals surface area (Å²) in [6, 6.07) is 4.95. The average molecular weight is 596 g/mol. The molecule has 14 heteroatoms. The van der Waals surface area contributed by atoms with Crippen LogP contribution in [0.15, 0.2) is 24.3 Å². The van der Waals surface area contributed by atoms with Crippen LogP contribution < -0.4 is 10.6 Å². The maximum atomic E-state index is 13.3. The number of nitrogens with zero attached hydrogens (tertiary/aromatic N) is 3. The third kappa shape index (κ3) is 6.19. The molecule has 4 heterocycles. The number of nitrogens with one attached hydrogen (secondary N) is 3. The van der Waals surface area contributed by atoms with Gasteiger partial charge in [-0.15, -0.1) is 23.7 Å². The number of ether oxygens (including phenoxy) is 1. The number of amides is 3. The van der Waals surface area contributed by atoms with E-state index in [1.54, 1.807) is 31.2 Å². The predicted molar refractivity (Wildman–Crippen MR) is 148 cm³/mol. The minimum atomic E-state index is -1.09. The van der Waals surface area contributed by atoms with Crippen molar-refractivity contribution in [1.82, 2.24) is 30.4 Å². The quantitative estimate of drug-likeness (QED) is 0.356. The summed E-state index contributed by atoms with van der Waals surface area (Å²) in [4.78, 5) is 63.6. The van der Waals surface area contributed by atoms with Crippen LogP contribution in [0, 0.1) is 0 Å². The van der Waals surface area contributed by atoms with Gasteiger partial charge in [0.15, 0.2) is 5.01 Å². The largest absolute Gasteiger partial charge is 0.465 e. The number of thiazole rings is 1. The number of hydrogen-bond donors (Lipinski definition) is 3. The highest BCUT2D eigenvalue weighted by molar-refractivity contribution is 7.13. The number of esters is 1. The molecule has 0 unspecified atom stereocenters. The van der Waals surface area contributed by atoms with Gasteiger partial charge in [0.2, 0.25) is 5.91 Å². The Bertz CT molecular complexity index is 1430. The number of hydrogen-bond acceptors (Lipinski definition) is 8. The number of fused-ring (bicyclic) bond motifs is 2. The highest BCUT2D eigenvalue weighted by atomic mass is 35.5. The first kappa shape index (κ1) is 28.8. The van der Waals surface area contributed by atoms with Crippen LogP contribution in [0.3, 0.4) is 0 Å². The van der Waals surface area contributed by atoms with Crippen LogP contribution in [0.4, 0.5) is 0 Å². The molecule has 1 saturated heterocycles. The zero-order valence-corrected chi connectivity index (χ0v) is 23.7. The Balaban J connectivity index is 0.00000353. The van der Waals surface area contributed by atoms with Gasteiger partial charge in [-0.05, 0) is 38.2 Å². The molecule has 3 aromatic rings. The number of H-pyrrole nitrogens is 1. The zero-order chi connectivity index (χ0) is 27.0. The van der Waals surface area contributed by atoms with E-state index in [1.165, 1.54) is 16.2 Å². The summed E-state index contributed by atoms with van der Waals surface area (Å²) >= 11 is 7.38. The summed E-state index contributed by atoms with van der Waals surface area (Å²) in [7, 11) is 2.01. The number of benzene rings is 1. The highest BCUT2D eigenvalue weighted by Gasteiger charge is 2.43. The smallest absolute Gasteiger partial charge is 0.325 e. The van der Waals surface area contributed by atoms with Crippen molar-refractivity contribution in [3.63, 3.8) is 0 Å². The molecule has 0 spiro atoms. The van der Waals surface area contributed by atoms with Gasteiger partial charge in [0.1, 0.15) is 18.3 Å². The second-order valence-corrected chi connectivity index (χ2v) is 10.9. The molecule has 2 aliphatic heterocycles. The molecule has 11 nitrogen and oxygen atoms in total. The first-order chi connectivity index (χ1) is 18.2. The molecule has 2 aliphatic rings. The fourth-order valence-electron chi connectivity index (χ4n) is 4.69. The van der Waals surface area contributed by atoms with Crippen LogP contribution >= 0.6 is 35.3 Å². The van der Waals surface area contributed by atoms with E-state index in [1.807, 2.05) is 7.05 Å². The van der Waals surface area contributed by atoms with Crippen LogP contribution in [-0.2, 0) is 27.3 Å². The van der Waals surface area contributed by atoms with E-state index in [4.69, 9.17) is 16.3 Å². The van der Waals surface area contributed by atoms with Crippen molar-refractivity contribution >= 4 is 69.9 Å². The van der Waals surface area contributed by atoms with Gasteiger partial charge in [0.25, 0.3) is 11.8 Å². The SMILES string of the molecule is CCOC(=O)CN1C[C@@H](NC(=O)c2nc3c(s2)CN(C)CC3)[C@H](NC(=O)c2cc3cc(Cl)ccc3[nH]2)C1=O.Cl. The summed E-state index contributed by atoms with van der Waals surface area (Å²) in [6.45, 7) is 3.19. The average Bonchev–Trinajstić information content (AvgIpc) is 3.56. The van der Waals surface area contributed by atoms with Crippen LogP contribution in [0.5, 0.6) is 0 Å². The lowest BCUT2D eigenvalue weighted by Gasteiger charge is -2.20. The molecular formula is C25H28Cl2N6O5S. The van der Waals surface area contributed by atoms with Crippen LogP contribution in [0.25, 0.3) is 10.9 Å². The molecule has 1 fully saturated rings. The van der Waals surface area contributed by atoms with Gasteiger partial charge >= 0.3 is 5.97 Å². The molecule has 0 aliphatic carbocycles. The molecule has 208 valence electrons. The van der Waals surface area contributed by atoms with Gasteiger partial charge < -0.3 is 30.2 Å². The van der Waals surface area contributed by atoms with E-state index >= 15 is 0 Å². The van der Waals surface area contributed by atoms with E-state index in [2.05, 4.69) is 25.5 Å². The Morgan fingerprint density at radius 1 is 1.23 bits per heavy atom. The summed E-state index contributed by atoms with van der Waals surface area (Å²) in [6.07, 6.45) is 0.763. The van der Waals surface area contributed by atoms with Gasteiger partial charge in [0, 0.05) is 46.9 Å². The standard InChI is InChI=1S/C25H27ClN6O5S.ClH/c1-3-37-20(33)12-32-10-18(28-23(35)24-29-16-6-7-31(2)11-19(16)38-24)21(25(32)36)30-22(34)17-9-13-8-14(26)4-5-15(13)27-17;/h4-5,8-9,18,21,27H,3,6-7,10-12H2,1-2H3,(H,28,35)(H,30,34);1H/t18-,21+;/m1./s1. The van der Waals surface area contributed by atoms with Crippen LogP contribution in [0.1, 0.15) is 37.8 Å². The van der Waals surface area contributed by atoms with Gasteiger partial charge in [-0.25, -0.2) is 4.98 Å². The van der Waals surface area contributed by atoms with Crippen molar-refractivity contribution in [2.24, 2.45) is 0 Å². The number of aromatic nitrogens is 2. The fraction of sp³-hybridized carbons (Fsp3) is 0.400. The number of likely N-dealkylation sites (tertiary alicyclic amines) is 1. The van der Waals surface area contributed by atoms with E-state index in [-0.39, 0.29) is 37.8 Å². The highest BCUT2D eigenvalue weighted by Crippen LogP contribution is 2.25. The molecule has 0 saturated carbocycles. The first-order valence-electron chi connectivity index (χ1n) is 12.2. The molecule has 2 atom stereocenters. The summed E-state index contributed by atoms with van der Waals surface area (Å²) < 4.78 is 4.99. The topological polar surface area (TPSA) is 137 Å². The molecule has 2 aromatic heterocycles. The number of rotatable bonds is 7. The molecule has 3 N–H and O–H groups in total. The minimum absolute atomic E-state index is 0. The number of aromatic amines is 1. The van der Waals surface area contributed by atoms with Gasteiger partial charge in [0.05, 0.1) is 18.3 Å². The first-order valence-corrected chi connectivity index (χ1v) is 13.4. The lowest BCUT2D eigenvalue weighted by Crippen LogP contribution is -2.52. The summed E-state index contributed by atoms with van der Waals surface area (Å²) in [5.74, 6) is -2.01. The van der Waals surface area contributed by atoms with Crippen LogP contribution in [0.2, 0.25) is 5.02 Å². The number of carbonyl (C=O) groups is 4. The Hall–Kier alpha value is -3.19. The summed E-state index contributed by atoms with van der Waals surface area (Å²) in [5, 5.41) is 7.17. The van der Waals surface area contributed by atoms with Crippen molar-refractivity contribution in [3.05, 3.63) is 50.6 Å². The number of halogens is 2.